The van der Waals surface area contributed by atoms with E-state index >= 15 is 0 Å². The molecular weight excluding hydrogens is 416 g/mol. The number of hydrogen-bond acceptors (Lipinski definition) is 5. The first-order valence-electron chi connectivity index (χ1n) is 11.0. The Kier molecular flexibility index (Phi) is 7.77. The first kappa shape index (κ1) is 24.3. The van der Waals surface area contributed by atoms with Crippen molar-refractivity contribution in [3.8, 4) is 11.5 Å². The second-order valence-corrected chi connectivity index (χ2v) is 8.33. The Labute approximate surface area is 195 Å². The van der Waals surface area contributed by atoms with Crippen molar-refractivity contribution in [3.63, 3.8) is 0 Å². The van der Waals surface area contributed by atoms with Crippen molar-refractivity contribution < 1.29 is 23.7 Å². The molecule has 0 amide bonds. The quantitative estimate of drug-likeness (QED) is 0.280. The second kappa shape index (κ2) is 10.5. The Morgan fingerprint density at radius 1 is 1.03 bits per heavy atom. The van der Waals surface area contributed by atoms with Gasteiger partial charge in [0.1, 0.15) is 0 Å². The molecule has 3 aromatic rings. The number of ether oxygens (including phenoxy) is 4. The number of esters is 1. The highest BCUT2D eigenvalue weighted by atomic mass is 16.7. The van der Waals surface area contributed by atoms with Gasteiger partial charge in [0.2, 0.25) is 0 Å². The topological polar surface area (TPSA) is 54.0 Å². The maximum absolute atomic E-state index is 12.7. The third-order valence-electron chi connectivity index (χ3n) is 5.81. The summed E-state index contributed by atoms with van der Waals surface area (Å²) in [4.78, 5) is 12.7. The van der Waals surface area contributed by atoms with Gasteiger partial charge in [-0.15, -0.1) is 0 Å². The third kappa shape index (κ3) is 5.04. The van der Waals surface area contributed by atoms with Gasteiger partial charge in [-0.2, -0.15) is 0 Å². The molecule has 0 aromatic heterocycles. The molecule has 33 heavy (non-hydrogen) atoms. The summed E-state index contributed by atoms with van der Waals surface area (Å²) < 4.78 is 22.2. The zero-order valence-corrected chi connectivity index (χ0v) is 20.1. The van der Waals surface area contributed by atoms with Crippen LogP contribution in [0.1, 0.15) is 37.5 Å². The molecule has 0 aliphatic rings. The van der Waals surface area contributed by atoms with Gasteiger partial charge in [-0.1, -0.05) is 55.1 Å². The zero-order chi connectivity index (χ0) is 24.0. The third-order valence-corrected chi connectivity index (χ3v) is 5.81. The fraction of sp³-hybridized carbons (Fsp3) is 0.321. The van der Waals surface area contributed by atoms with Crippen molar-refractivity contribution in [2.45, 2.75) is 27.2 Å². The number of benzene rings is 3. The van der Waals surface area contributed by atoms with Gasteiger partial charge in [-0.3, -0.25) is 4.79 Å². The fourth-order valence-electron chi connectivity index (χ4n) is 3.89. The molecule has 0 saturated carbocycles. The molecule has 3 rings (SSSR count). The molecular formula is C28H32O5. The molecule has 0 spiro atoms. The fourth-order valence-corrected chi connectivity index (χ4v) is 3.89. The minimum absolute atomic E-state index is 0.0831. The van der Waals surface area contributed by atoms with Crippen LogP contribution in [-0.2, 0) is 20.7 Å². The van der Waals surface area contributed by atoms with E-state index in [4.69, 9.17) is 18.9 Å². The van der Waals surface area contributed by atoms with E-state index < -0.39 is 5.41 Å². The minimum atomic E-state index is -0.918. The van der Waals surface area contributed by atoms with E-state index in [1.807, 2.05) is 50.2 Å². The van der Waals surface area contributed by atoms with Crippen molar-refractivity contribution in [2.75, 3.05) is 27.6 Å². The summed E-state index contributed by atoms with van der Waals surface area (Å²) in [7, 11) is 3.18. The van der Waals surface area contributed by atoms with Gasteiger partial charge in [-0.05, 0) is 60.9 Å². The molecule has 5 heteroatoms. The van der Waals surface area contributed by atoms with E-state index in [2.05, 4.69) is 24.8 Å². The van der Waals surface area contributed by atoms with E-state index in [1.165, 1.54) is 5.56 Å². The average molecular weight is 449 g/mol. The molecule has 0 aliphatic carbocycles. The van der Waals surface area contributed by atoms with Crippen LogP contribution in [0.15, 0.2) is 61.2 Å². The van der Waals surface area contributed by atoms with Gasteiger partial charge in [0, 0.05) is 12.5 Å². The molecule has 0 heterocycles. The Balaban J connectivity index is 2.26. The normalized spacial score (nSPS) is 11.3. The highest BCUT2D eigenvalue weighted by Crippen LogP contribution is 2.46. The monoisotopic (exact) mass is 448 g/mol. The van der Waals surface area contributed by atoms with E-state index in [1.54, 1.807) is 21.1 Å². The van der Waals surface area contributed by atoms with Crippen LogP contribution in [0.25, 0.3) is 16.3 Å². The number of methoxy groups -OCH3 is 2. The first-order chi connectivity index (χ1) is 15.8. The highest BCUT2D eigenvalue weighted by molar-refractivity contribution is 6.05. The summed E-state index contributed by atoms with van der Waals surface area (Å²) in [5.41, 5.74) is 2.81. The lowest BCUT2D eigenvalue weighted by Crippen LogP contribution is -2.28. The van der Waals surface area contributed by atoms with Crippen LogP contribution >= 0.6 is 0 Å². The molecule has 0 aliphatic heterocycles. The van der Waals surface area contributed by atoms with E-state index in [9.17, 15) is 4.79 Å². The second-order valence-electron chi connectivity index (χ2n) is 8.33. The van der Waals surface area contributed by atoms with Gasteiger partial charge in [-0.25, -0.2) is 0 Å². The predicted octanol–water partition coefficient (Wildman–Crippen LogP) is 6.02. The van der Waals surface area contributed by atoms with E-state index in [0.717, 1.165) is 21.9 Å². The lowest BCUT2D eigenvalue weighted by molar-refractivity contribution is -0.150. The number of fused-ring (bicyclic) bond motifs is 1. The number of hydrogen-bond donors (Lipinski definition) is 0. The summed E-state index contributed by atoms with van der Waals surface area (Å²) in [6.45, 7) is 10.2. The minimum Gasteiger partial charge on any atom is -0.493 e. The van der Waals surface area contributed by atoms with Crippen LogP contribution in [0.5, 0.6) is 11.5 Å². The van der Waals surface area contributed by atoms with Crippen LogP contribution in [0.2, 0.25) is 0 Å². The van der Waals surface area contributed by atoms with E-state index in [-0.39, 0.29) is 12.8 Å². The smallest absolute Gasteiger partial charge is 0.315 e. The predicted molar refractivity (Wildman–Crippen MR) is 132 cm³/mol. The van der Waals surface area contributed by atoms with Gasteiger partial charge in [0.15, 0.2) is 18.3 Å². The Morgan fingerprint density at radius 3 is 2.39 bits per heavy atom. The maximum Gasteiger partial charge on any atom is 0.315 e. The van der Waals surface area contributed by atoms with Crippen molar-refractivity contribution >= 4 is 22.3 Å². The zero-order valence-electron chi connectivity index (χ0n) is 20.1. The van der Waals surface area contributed by atoms with Crippen molar-refractivity contribution in [1.29, 1.82) is 0 Å². The summed E-state index contributed by atoms with van der Waals surface area (Å²) in [6, 6.07) is 18.2. The van der Waals surface area contributed by atoms with Crippen LogP contribution in [0.4, 0.5) is 0 Å². The molecule has 0 fully saturated rings. The summed E-state index contributed by atoms with van der Waals surface area (Å²) >= 11 is 0. The lowest BCUT2D eigenvalue weighted by Gasteiger charge is -2.27. The summed E-state index contributed by atoms with van der Waals surface area (Å²) in [5.74, 6) is 0.838. The van der Waals surface area contributed by atoms with Gasteiger partial charge in [0.05, 0.1) is 19.1 Å². The standard InChI is InChI=1S/C28H32O5/c1-7-32-27(29)28(3,4)19(2)23-17-24(31-6)26(33-18-30-5)25-21(14-11-15-22(23)25)16-20-12-9-8-10-13-20/h8-15,17H,2,7,16,18H2,1,3-6H3. The maximum atomic E-state index is 12.7. The van der Waals surface area contributed by atoms with Crippen molar-refractivity contribution in [2.24, 2.45) is 5.41 Å². The average Bonchev–Trinajstić information content (AvgIpc) is 2.82. The Bertz CT molecular complexity index is 1130. The number of carbonyl (C=O) groups is 1. The molecule has 0 N–H and O–H groups in total. The van der Waals surface area contributed by atoms with Gasteiger partial charge >= 0.3 is 5.97 Å². The molecule has 174 valence electrons. The lowest BCUT2D eigenvalue weighted by atomic mass is 9.79. The number of carbonyl (C=O) groups excluding carboxylic acids is 1. The molecule has 3 aromatic carbocycles. The van der Waals surface area contributed by atoms with Crippen LogP contribution < -0.4 is 9.47 Å². The van der Waals surface area contributed by atoms with Gasteiger partial charge < -0.3 is 18.9 Å². The number of rotatable bonds is 10. The van der Waals surface area contributed by atoms with Crippen LogP contribution in [0, 0.1) is 5.41 Å². The van der Waals surface area contributed by atoms with Gasteiger partial charge in [0.25, 0.3) is 0 Å². The van der Waals surface area contributed by atoms with Crippen LogP contribution in [-0.4, -0.2) is 33.6 Å². The SMILES string of the molecule is C=C(c1cc(OC)c(OCOC)c2c(Cc3ccccc3)cccc12)C(C)(C)C(=O)OCC. The summed E-state index contributed by atoms with van der Waals surface area (Å²) in [6.07, 6.45) is 0.710. The van der Waals surface area contributed by atoms with Crippen molar-refractivity contribution in [3.05, 3.63) is 77.9 Å². The summed E-state index contributed by atoms with van der Waals surface area (Å²) in [5, 5.41) is 1.84. The van der Waals surface area contributed by atoms with Crippen LogP contribution in [0.3, 0.4) is 0 Å². The molecule has 0 saturated heterocycles. The largest absolute Gasteiger partial charge is 0.493 e. The highest BCUT2D eigenvalue weighted by Gasteiger charge is 2.35. The van der Waals surface area contributed by atoms with E-state index in [0.29, 0.717) is 30.1 Å². The first-order valence-corrected chi connectivity index (χ1v) is 11.0. The Morgan fingerprint density at radius 2 is 1.76 bits per heavy atom. The molecule has 0 atom stereocenters. The molecule has 5 nitrogen and oxygen atoms in total. The van der Waals surface area contributed by atoms with Crippen molar-refractivity contribution in [1.82, 2.24) is 0 Å². The molecule has 0 radical (unpaired) electrons. The molecule has 0 bridgehead atoms. The molecule has 0 unspecified atom stereocenters. The Hall–Kier alpha value is -3.31.